The highest BCUT2D eigenvalue weighted by atomic mass is 79.9. The molecule has 2 heterocycles. The summed E-state index contributed by atoms with van der Waals surface area (Å²) in [5.74, 6) is -0.763. The molecule has 0 saturated carbocycles. The van der Waals surface area contributed by atoms with E-state index in [2.05, 4.69) is 31.2 Å². The van der Waals surface area contributed by atoms with Gasteiger partial charge in [0, 0.05) is 31.9 Å². The van der Waals surface area contributed by atoms with Gasteiger partial charge in [-0.2, -0.15) is 5.10 Å². The third kappa shape index (κ3) is 3.10. The molecule has 1 N–H and O–H groups in total. The molecule has 0 bridgehead atoms. The van der Waals surface area contributed by atoms with E-state index in [0.717, 1.165) is 12.1 Å². The maximum Gasteiger partial charge on any atom is 0.357 e. The number of aromatic nitrogens is 4. The molecule has 2 rings (SSSR count). The molecule has 21 heavy (non-hydrogen) atoms. The van der Waals surface area contributed by atoms with Gasteiger partial charge in [-0.15, -0.1) is 5.10 Å². The van der Waals surface area contributed by atoms with Crippen molar-refractivity contribution >= 4 is 27.7 Å². The highest BCUT2D eigenvalue weighted by molar-refractivity contribution is 9.10. The van der Waals surface area contributed by atoms with Crippen LogP contribution in [-0.2, 0) is 13.1 Å². The fourth-order valence-corrected chi connectivity index (χ4v) is 2.26. The van der Waals surface area contributed by atoms with Crippen molar-refractivity contribution in [1.29, 1.82) is 0 Å². The number of hydrogen-bond donors (Lipinski definition) is 1. The molecule has 112 valence electrons. The summed E-state index contributed by atoms with van der Waals surface area (Å²) in [5, 5.41) is 20.8. The van der Waals surface area contributed by atoms with Crippen LogP contribution in [0.1, 0.15) is 23.0 Å². The molecule has 0 atom stereocenters. The molecule has 9 nitrogen and oxygen atoms in total. The van der Waals surface area contributed by atoms with Gasteiger partial charge in [-0.05, 0) is 27.8 Å². The maximum atomic E-state index is 12.2. The van der Waals surface area contributed by atoms with E-state index in [0.29, 0.717) is 6.54 Å². The molecule has 0 aromatic carbocycles. The highest BCUT2D eigenvalue weighted by Gasteiger charge is 2.26. The van der Waals surface area contributed by atoms with E-state index in [-0.39, 0.29) is 16.0 Å². The molecule has 0 aliphatic heterocycles. The van der Waals surface area contributed by atoms with Crippen molar-refractivity contribution in [1.82, 2.24) is 24.9 Å². The van der Waals surface area contributed by atoms with E-state index in [9.17, 15) is 14.9 Å². The summed E-state index contributed by atoms with van der Waals surface area (Å²) < 4.78 is 1.80. The van der Waals surface area contributed by atoms with Crippen LogP contribution in [0.2, 0.25) is 0 Å². The van der Waals surface area contributed by atoms with Crippen LogP contribution in [-0.4, -0.2) is 42.8 Å². The summed E-state index contributed by atoms with van der Waals surface area (Å²) in [6.07, 6.45) is 3.52. The average Bonchev–Trinajstić information content (AvgIpc) is 3.04. The predicted molar refractivity (Wildman–Crippen MR) is 76.6 cm³/mol. The SMILES string of the molecule is CCn1cc(CN(C)C(=O)c2n[nH]c([N+](=O)[O-])c2Br)cn1. The Morgan fingerprint density at radius 3 is 2.86 bits per heavy atom. The number of aromatic amines is 1. The zero-order valence-electron chi connectivity index (χ0n) is 11.4. The number of aryl methyl sites for hydroxylation is 1. The number of nitro groups is 1. The van der Waals surface area contributed by atoms with Crippen molar-refractivity contribution in [3.63, 3.8) is 0 Å². The second-order valence-corrected chi connectivity index (χ2v) is 5.15. The monoisotopic (exact) mass is 356 g/mol. The Bertz CT molecular complexity index is 679. The minimum Gasteiger partial charge on any atom is -0.358 e. The summed E-state index contributed by atoms with van der Waals surface area (Å²) >= 11 is 3.02. The lowest BCUT2D eigenvalue weighted by Crippen LogP contribution is -2.26. The smallest absolute Gasteiger partial charge is 0.357 e. The number of nitrogens with one attached hydrogen (secondary N) is 1. The first-order valence-corrected chi connectivity index (χ1v) is 6.88. The second kappa shape index (κ2) is 6.04. The minimum absolute atomic E-state index is 0.0212. The summed E-state index contributed by atoms with van der Waals surface area (Å²) in [4.78, 5) is 23.7. The highest BCUT2D eigenvalue weighted by Crippen LogP contribution is 2.26. The molecule has 2 aromatic heterocycles. The largest absolute Gasteiger partial charge is 0.358 e. The molecule has 0 radical (unpaired) electrons. The number of hydrogen-bond acceptors (Lipinski definition) is 5. The van der Waals surface area contributed by atoms with E-state index in [1.54, 1.807) is 17.9 Å². The normalized spacial score (nSPS) is 10.6. The zero-order chi connectivity index (χ0) is 15.6. The lowest BCUT2D eigenvalue weighted by molar-refractivity contribution is -0.390. The third-order valence-corrected chi connectivity index (χ3v) is 3.60. The van der Waals surface area contributed by atoms with Crippen molar-refractivity contribution in [3.8, 4) is 0 Å². The summed E-state index contributed by atoms with van der Waals surface area (Å²) in [7, 11) is 1.60. The van der Waals surface area contributed by atoms with Gasteiger partial charge in [-0.3, -0.25) is 9.48 Å². The van der Waals surface area contributed by atoms with Gasteiger partial charge in [0.15, 0.2) is 5.69 Å². The molecule has 0 saturated heterocycles. The van der Waals surface area contributed by atoms with Gasteiger partial charge < -0.3 is 15.0 Å². The van der Waals surface area contributed by atoms with Gasteiger partial charge in [0.25, 0.3) is 5.91 Å². The van der Waals surface area contributed by atoms with Crippen LogP contribution in [0.15, 0.2) is 16.9 Å². The molecule has 0 aliphatic rings. The Hall–Kier alpha value is -2.23. The summed E-state index contributed by atoms with van der Waals surface area (Å²) in [6.45, 7) is 3.05. The number of halogens is 1. The maximum absolute atomic E-state index is 12.2. The first-order chi connectivity index (χ1) is 9.93. The topological polar surface area (TPSA) is 110 Å². The first-order valence-electron chi connectivity index (χ1n) is 6.09. The second-order valence-electron chi connectivity index (χ2n) is 4.36. The lowest BCUT2D eigenvalue weighted by Gasteiger charge is -2.14. The van der Waals surface area contributed by atoms with Crippen LogP contribution < -0.4 is 0 Å². The molecular weight excluding hydrogens is 344 g/mol. The van der Waals surface area contributed by atoms with Crippen LogP contribution in [0.5, 0.6) is 0 Å². The van der Waals surface area contributed by atoms with E-state index < -0.39 is 10.8 Å². The minimum atomic E-state index is -0.640. The van der Waals surface area contributed by atoms with E-state index in [1.165, 1.54) is 4.90 Å². The van der Waals surface area contributed by atoms with Gasteiger partial charge in [0.1, 0.15) is 4.47 Å². The fourth-order valence-electron chi connectivity index (χ4n) is 1.77. The van der Waals surface area contributed by atoms with Crippen LogP contribution in [0, 0.1) is 10.1 Å². The van der Waals surface area contributed by atoms with Crippen LogP contribution in [0.3, 0.4) is 0 Å². The van der Waals surface area contributed by atoms with Gasteiger partial charge in [-0.25, -0.2) is 0 Å². The predicted octanol–water partition coefficient (Wildman–Crippen LogP) is 1.57. The van der Waals surface area contributed by atoms with E-state index in [4.69, 9.17) is 0 Å². The number of rotatable bonds is 5. The quantitative estimate of drug-likeness (QED) is 0.645. The Kier molecular flexibility index (Phi) is 4.36. The average molecular weight is 357 g/mol. The van der Waals surface area contributed by atoms with Crippen molar-refractivity contribution in [2.24, 2.45) is 0 Å². The molecule has 1 amide bonds. The third-order valence-electron chi connectivity index (χ3n) is 2.85. The number of H-pyrrole nitrogens is 1. The number of carbonyl (C=O) groups excluding carboxylic acids is 1. The molecular formula is C11H13BrN6O3. The molecule has 0 aliphatic carbocycles. The molecule has 0 fully saturated rings. The Labute approximate surface area is 128 Å². The summed E-state index contributed by atoms with van der Waals surface area (Å²) in [5.41, 5.74) is 0.848. The zero-order valence-corrected chi connectivity index (χ0v) is 13.0. The molecule has 10 heteroatoms. The van der Waals surface area contributed by atoms with Gasteiger partial charge >= 0.3 is 5.82 Å². The number of carbonyl (C=O) groups is 1. The fraction of sp³-hybridized carbons (Fsp3) is 0.364. The Morgan fingerprint density at radius 1 is 1.62 bits per heavy atom. The van der Waals surface area contributed by atoms with Crippen molar-refractivity contribution in [3.05, 3.63) is 38.2 Å². The molecule has 0 spiro atoms. The van der Waals surface area contributed by atoms with Crippen LogP contribution in [0.25, 0.3) is 0 Å². The Balaban J connectivity index is 2.14. The Morgan fingerprint density at radius 2 is 2.33 bits per heavy atom. The van der Waals surface area contributed by atoms with Crippen LogP contribution >= 0.6 is 15.9 Å². The van der Waals surface area contributed by atoms with Crippen molar-refractivity contribution < 1.29 is 9.72 Å². The van der Waals surface area contributed by atoms with Crippen molar-refractivity contribution in [2.75, 3.05) is 7.05 Å². The lowest BCUT2D eigenvalue weighted by atomic mass is 10.3. The van der Waals surface area contributed by atoms with Gasteiger partial charge in [0.05, 0.1) is 6.20 Å². The molecule has 2 aromatic rings. The first kappa shape index (κ1) is 15.2. The standard InChI is InChI=1S/C11H13BrN6O3/c1-3-17-6-7(4-13-17)5-16(2)11(19)9-8(12)10(15-14-9)18(20)21/h4,6H,3,5H2,1-2H3,(H,14,15). The van der Waals surface area contributed by atoms with Gasteiger partial charge in [0.2, 0.25) is 0 Å². The number of amides is 1. The van der Waals surface area contributed by atoms with E-state index in [1.807, 2.05) is 13.1 Å². The summed E-state index contributed by atoms with van der Waals surface area (Å²) in [6, 6.07) is 0. The van der Waals surface area contributed by atoms with E-state index >= 15 is 0 Å². The van der Waals surface area contributed by atoms with Crippen LogP contribution in [0.4, 0.5) is 5.82 Å². The number of nitrogens with zero attached hydrogens (tertiary/aromatic N) is 5. The van der Waals surface area contributed by atoms with Gasteiger partial charge in [-0.1, -0.05) is 5.10 Å². The molecule has 0 unspecified atom stereocenters. The van der Waals surface area contributed by atoms with Crippen molar-refractivity contribution in [2.45, 2.75) is 20.0 Å².